The van der Waals surface area contributed by atoms with Crippen molar-refractivity contribution in [2.75, 3.05) is 98.7 Å². The summed E-state index contributed by atoms with van der Waals surface area (Å²) >= 11 is 0. The first kappa shape index (κ1) is 105. The molecule has 1 aromatic carbocycles. The number of aromatic nitrogens is 6. The van der Waals surface area contributed by atoms with Gasteiger partial charge in [-0.05, 0) is 138 Å². The Morgan fingerprint density at radius 1 is 0.288 bits per heavy atom. The molecular formula is C81H153Br3N12O12Si3. The maximum absolute atomic E-state index is 12.7. The number of imidazole rings is 3. The van der Waals surface area contributed by atoms with E-state index in [4.69, 9.17) is 39.8 Å². The molecule has 30 heteroatoms. The van der Waals surface area contributed by atoms with Crippen LogP contribution in [0.4, 0.5) is 14.4 Å². The molecule has 0 aliphatic carbocycles. The summed E-state index contributed by atoms with van der Waals surface area (Å²) in [5.41, 5.74) is 7.82. The number of hydrogen-bond acceptors (Lipinski definition) is 12. The van der Waals surface area contributed by atoms with Crippen molar-refractivity contribution in [3.63, 3.8) is 0 Å². The molecule has 111 heavy (non-hydrogen) atoms. The lowest BCUT2D eigenvalue weighted by molar-refractivity contribution is -0.690. The van der Waals surface area contributed by atoms with E-state index in [1.165, 1.54) is 110 Å². The maximum atomic E-state index is 12.7. The average Bonchev–Trinajstić information content (AvgIpc) is 1.17. The van der Waals surface area contributed by atoms with Gasteiger partial charge in [-0.25, -0.2) is 41.8 Å². The van der Waals surface area contributed by atoms with Crippen LogP contribution in [0.2, 0.25) is 18.1 Å². The van der Waals surface area contributed by atoms with Gasteiger partial charge in [0.15, 0.2) is 0 Å². The van der Waals surface area contributed by atoms with Gasteiger partial charge < -0.3 is 123 Å². The normalized spacial score (nSPS) is 11.7. The van der Waals surface area contributed by atoms with Crippen molar-refractivity contribution in [2.24, 2.45) is 0 Å². The predicted octanol–water partition coefficient (Wildman–Crippen LogP) is 5.61. The molecule has 0 unspecified atom stereocenters. The largest absolute Gasteiger partial charge is 1.00 e. The number of urea groups is 3. The Hall–Kier alpha value is -3.61. The minimum absolute atomic E-state index is 0. The van der Waals surface area contributed by atoms with Gasteiger partial charge in [-0.3, -0.25) is 0 Å². The van der Waals surface area contributed by atoms with E-state index < -0.39 is 26.4 Å². The third-order valence-electron chi connectivity index (χ3n) is 20.0. The van der Waals surface area contributed by atoms with Crippen molar-refractivity contribution in [3.05, 3.63) is 89.5 Å². The second-order valence-corrected chi connectivity index (χ2v) is 36.8. The first-order chi connectivity index (χ1) is 52.6. The SMILES string of the molecule is CCO[Si](CCCCCCCCCCNC(=O)NCCCn1cc[n+](Cc2c(C)c(C[n+]3ccn(CCCNC(=O)NCCCCCCCCCC[Si](OCC)(OCC)OCC)c3)c(C)c(C[n+]3ccn(CCCNC(=O)NCCCCCCCCCC[Si](OCC)(OCC)OCC)c3)c2C)c1)(OCC)OCC.[Br-].[Br-].[Br-]. The number of carbonyl (C=O) groups excluding carboxylic acids is 3. The van der Waals surface area contributed by atoms with Crippen LogP contribution >= 0.6 is 0 Å². The van der Waals surface area contributed by atoms with E-state index in [1.54, 1.807) is 0 Å². The minimum atomic E-state index is -2.55. The van der Waals surface area contributed by atoms with Crippen LogP contribution < -0.4 is 96.5 Å². The molecule has 0 atom stereocenters. The Bertz CT molecular complexity index is 2620. The number of aryl methyl sites for hydroxylation is 3. The molecule has 4 aromatic rings. The van der Waals surface area contributed by atoms with Gasteiger partial charge in [0, 0.05) is 153 Å². The van der Waals surface area contributed by atoms with Crippen molar-refractivity contribution < 1.29 is 119 Å². The van der Waals surface area contributed by atoms with E-state index in [0.717, 1.165) is 154 Å². The standard InChI is InChI=1S/C81H150N12O12Si3.3BrH/c1-13-97-106(98-14-2,99-15-3)64-43-37-31-25-22-28-34-40-49-82-79(94)85-52-46-55-88-58-61-91(70-88)67-76-73(10)77(68-92-62-59-89(71-92)56-47-53-86-80(95)83-50-41-35-29-23-26-32-38-44-65-107(100-16-4,101-17-5)102-18-6)75(12)78(74(76)11)69-93-63-60-90(72-93)57-48-54-87-81(96)84-51-42-36-30-24-27-33-39-45-66-108(103-19-7,104-20-8)105-21-9;;;/h58-63,70-72H,13-57,64-69H2,1-12H3,(H3-3,82,83,84,85,86,87,94,95,96);3*1H. The molecule has 642 valence electrons. The molecule has 0 fully saturated rings. The lowest BCUT2D eigenvalue weighted by atomic mass is 9.87. The summed E-state index contributed by atoms with van der Waals surface area (Å²) in [7, 11) is -7.64. The Morgan fingerprint density at radius 2 is 0.468 bits per heavy atom. The zero-order chi connectivity index (χ0) is 78.2. The molecular weight excluding hydrogens is 1660 g/mol. The highest BCUT2D eigenvalue weighted by Crippen LogP contribution is 2.29. The second-order valence-electron chi connectivity index (χ2n) is 28.6. The quantitative estimate of drug-likeness (QED) is 0.0180. The first-order valence-electron chi connectivity index (χ1n) is 42.6. The fourth-order valence-corrected chi connectivity index (χ4v) is 22.5. The molecule has 24 nitrogen and oxygen atoms in total. The van der Waals surface area contributed by atoms with Crippen LogP contribution in [0.25, 0.3) is 0 Å². The van der Waals surface area contributed by atoms with Gasteiger partial charge in [0.1, 0.15) is 56.8 Å². The summed E-state index contributed by atoms with van der Waals surface area (Å²) in [6.45, 7) is 38.9. The van der Waals surface area contributed by atoms with Gasteiger partial charge in [0.05, 0.1) is 19.6 Å². The van der Waals surface area contributed by atoms with Gasteiger partial charge in [0.2, 0.25) is 19.0 Å². The van der Waals surface area contributed by atoms with Gasteiger partial charge in [-0.1, -0.05) is 116 Å². The van der Waals surface area contributed by atoms with Crippen LogP contribution in [-0.2, 0) is 79.1 Å². The average molecular weight is 1810 g/mol. The monoisotopic (exact) mass is 1810 g/mol. The summed E-state index contributed by atoms with van der Waals surface area (Å²) in [4.78, 5) is 38.2. The van der Waals surface area contributed by atoms with Crippen LogP contribution in [-0.4, -0.2) is 157 Å². The van der Waals surface area contributed by atoms with Crippen molar-refractivity contribution in [2.45, 2.75) is 314 Å². The van der Waals surface area contributed by atoms with Crippen molar-refractivity contribution in [3.8, 4) is 0 Å². The number of halogens is 3. The molecule has 0 radical (unpaired) electrons. The van der Waals surface area contributed by atoms with E-state index in [0.29, 0.717) is 98.7 Å². The highest BCUT2D eigenvalue weighted by molar-refractivity contribution is 6.61. The molecule has 6 amide bonds. The van der Waals surface area contributed by atoms with Gasteiger partial charge in [-0.2, -0.15) is 0 Å². The van der Waals surface area contributed by atoms with Crippen LogP contribution in [0.3, 0.4) is 0 Å². The van der Waals surface area contributed by atoms with Crippen LogP contribution in [0.1, 0.15) is 269 Å². The molecule has 6 N–H and O–H groups in total. The summed E-state index contributed by atoms with van der Waals surface area (Å²) in [6.07, 6.45) is 49.4. The van der Waals surface area contributed by atoms with Gasteiger partial charge in [-0.15, -0.1) is 0 Å². The van der Waals surface area contributed by atoms with E-state index in [9.17, 15) is 14.4 Å². The topological polar surface area (TPSA) is 233 Å². The van der Waals surface area contributed by atoms with Crippen LogP contribution in [0, 0.1) is 20.8 Å². The molecule has 0 aliphatic rings. The summed E-state index contributed by atoms with van der Waals surface area (Å²) < 4.78 is 67.6. The molecule has 3 aromatic heterocycles. The van der Waals surface area contributed by atoms with E-state index >= 15 is 0 Å². The highest BCUT2D eigenvalue weighted by Gasteiger charge is 2.41. The number of rotatable bonds is 69. The molecule has 0 saturated carbocycles. The Morgan fingerprint density at radius 3 is 0.667 bits per heavy atom. The van der Waals surface area contributed by atoms with E-state index in [-0.39, 0.29) is 69.0 Å². The lowest BCUT2D eigenvalue weighted by Gasteiger charge is -2.28. The maximum Gasteiger partial charge on any atom is 0.500 e. The Kier molecular flexibility index (Phi) is 62.1. The number of unbranched alkanes of at least 4 members (excludes halogenated alkanes) is 21. The van der Waals surface area contributed by atoms with Crippen molar-refractivity contribution in [1.82, 2.24) is 45.6 Å². The molecule has 4 rings (SSSR count). The fraction of sp³-hybridized carbons (Fsp3) is 0.778. The van der Waals surface area contributed by atoms with Gasteiger partial charge in [0.25, 0.3) is 0 Å². The second kappa shape index (κ2) is 65.4. The predicted molar refractivity (Wildman–Crippen MR) is 437 cm³/mol. The number of amides is 6. The Balaban J connectivity index is 0.0000205. The van der Waals surface area contributed by atoms with E-state index in [2.05, 4.69) is 136 Å². The number of hydrogen-bond donors (Lipinski definition) is 6. The molecule has 0 spiro atoms. The van der Waals surface area contributed by atoms with Crippen LogP contribution in [0.5, 0.6) is 0 Å². The van der Waals surface area contributed by atoms with Crippen LogP contribution in [0.15, 0.2) is 56.2 Å². The smallest absolute Gasteiger partial charge is 0.500 e. The Labute approximate surface area is 706 Å². The number of benzene rings is 1. The lowest BCUT2D eigenvalue weighted by Crippen LogP contribution is -3.00. The zero-order valence-electron chi connectivity index (χ0n) is 71.0. The van der Waals surface area contributed by atoms with E-state index in [1.807, 2.05) is 62.3 Å². The summed E-state index contributed by atoms with van der Waals surface area (Å²) in [5.74, 6) is 0. The molecule has 3 heterocycles. The summed E-state index contributed by atoms with van der Waals surface area (Å²) in [5, 5.41) is 18.4. The number of nitrogens with one attached hydrogen (secondary N) is 6. The number of carbonyl (C=O) groups is 3. The van der Waals surface area contributed by atoms with Crippen molar-refractivity contribution in [1.29, 1.82) is 0 Å². The van der Waals surface area contributed by atoms with Crippen molar-refractivity contribution >= 4 is 44.5 Å². The third kappa shape index (κ3) is 44.5. The molecule has 0 saturated heterocycles. The zero-order valence-corrected chi connectivity index (χ0v) is 78.7. The number of nitrogens with zero attached hydrogens (tertiary/aromatic N) is 6. The fourth-order valence-electron chi connectivity index (χ4n) is 14.4. The molecule has 0 bridgehead atoms. The minimum Gasteiger partial charge on any atom is -1.00 e. The highest BCUT2D eigenvalue weighted by atomic mass is 79.9. The third-order valence-corrected chi connectivity index (χ3v) is 29.4. The first-order valence-corrected chi connectivity index (χ1v) is 48.4. The summed E-state index contributed by atoms with van der Waals surface area (Å²) in [6, 6.07) is 2.36. The molecule has 0 aliphatic heterocycles. The van der Waals surface area contributed by atoms with Gasteiger partial charge >= 0.3 is 44.5 Å².